The first-order valence-corrected chi connectivity index (χ1v) is 7.18. The third-order valence-corrected chi connectivity index (χ3v) is 4.66. The van der Waals surface area contributed by atoms with Gasteiger partial charge in [-0.15, -0.1) is 0 Å². The molecule has 0 aliphatic heterocycles. The van der Waals surface area contributed by atoms with Crippen LogP contribution in [0.15, 0.2) is 6.07 Å². The zero-order chi connectivity index (χ0) is 14.9. The molecule has 0 saturated heterocycles. The minimum absolute atomic E-state index is 0.196. The summed E-state index contributed by atoms with van der Waals surface area (Å²) in [6.07, 6.45) is 2.96. The van der Waals surface area contributed by atoms with Gasteiger partial charge in [0.25, 0.3) is 5.91 Å². The summed E-state index contributed by atoms with van der Waals surface area (Å²) in [5.74, 6) is -1.27. The average Bonchev–Trinajstić information content (AvgIpc) is 2.72. The summed E-state index contributed by atoms with van der Waals surface area (Å²) in [6, 6.07) is 1.03. The third-order valence-electron chi connectivity index (χ3n) is 3.97. The zero-order valence-corrected chi connectivity index (χ0v) is 12.5. The summed E-state index contributed by atoms with van der Waals surface area (Å²) in [5, 5.41) is 12.6. The van der Waals surface area contributed by atoms with Crippen LogP contribution in [0.2, 0.25) is 10.2 Å². The van der Waals surface area contributed by atoms with Crippen molar-refractivity contribution in [3.8, 4) is 0 Å². The van der Waals surface area contributed by atoms with E-state index >= 15 is 0 Å². The molecule has 3 N–H and O–H groups in total. The maximum atomic E-state index is 12.1. The number of hydrogen-bond acceptors (Lipinski definition) is 2. The highest BCUT2D eigenvalue weighted by molar-refractivity contribution is 6.41. The van der Waals surface area contributed by atoms with Gasteiger partial charge in [-0.1, -0.05) is 36.0 Å². The molecule has 5 nitrogen and oxygen atoms in total. The van der Waals surface area contributed by atoms with Crippen LogP contribution in [0.3, 0.4) is 0 Å². The van der Waals surface area contributed by atoms with E-state index in [1.54, 1.807) is 6.92 Å². The molecule has 0 spiro atoms. The fourth-order valence-corrected chi connectivity index (χ4v) is 2.90. The number of carboxylic acids is 1. The molecular weight excluding hydrogens is 303 g/mol. The third kappa shape index (κ3) is 2.79. The molecule has 0 aromatic carbocycles. The van der Waals surface area contributed by atoms with Gasteiger partial charge in [0.05, 0.1) is 10.4 Å². The molecule has 2 atom stereocenters. The Morgan fingerprint density at radius 1 is 1.45 bits per heavy atom. The number of hydrogen-bond donors (Lipinski definition) is 3. The molecular formula is C13H16Cl2N2O3. The monoisotopic (exact) mass is 318 g/mol. The largest absolute Gasteiger partial charge is 0.481 e. The Bertz CT molecular complexity index is 524. The molecule has 0 bridgehead atoms. The van der Waals surface area contributed by atoms with Crippen molar-refractivity contribution in [2.75, 3.05) is 0 Å². The number of halogens is 2. The Hall–Kier alpha value is -1.20. The van der Waals surface area contributed by atoms with Crippen molar-refractivity contribution < 1.29 is 14.7 Å². The standard InChI is InChI=1S/C13H16Cl2N2O3/c1-13(12(19)20)5-3-2-4-9(13)17-11(18)8-6-7(14)10(15)16-8/h6,9,16H,2-5H2,1H3,(H,17,18)(H,19,20). The maximum Gasteiger partial charge on any atom is 0.311 e. The summed E-state index contributed by atoms with van der Waals surface area (Å²) >= 11 is 11.5. The van der Waals surface area contributed by atoms with Gasteiger partial charge in [-0.3, -0.25) is 9.59 Å². The summed E-state index contributed by atoms with van der Waals surface area (Å²) in [5.41, 5.74) is -0.702. The van der Waals surface area contributed by atoms with Crippen LogP contribution in [0.1, 0.15) is 43.1 Å². The zero-order valence-electron chi connectivity index (χ0n) is 11.0. The summed E-state index contributed by atoms with van der Waals surface area (Å²) in [4.78, 5) is 26.3. The van der Waals surface area contributed by atoms with E-state index in [-0.39, 0.29) is 15.9 Å². The Morgan fingerprint density at radius 3 is 2.70 bits per heavy atom. The van der Waals surface area contributed by atoms with Gasteiger partial charge in [0.2, 0.25) is 0 Å². The van der Waals surface area contributed by atoms with Gasteiger partial charge in [-0.2, -0.15) is 0 Å². The molecule has 1 fully saturated rings. The number of carbonyl (C=O) groups is 2. The average molecular weight is 319 g/mol. The van der Waals surface area contributed by atoms with Crippen LogP contribution < -0.4 is 5.32 Å². The number of aromatic nitrogens is 1. The molecule has 7 heteroatoms. The number of carboxylic acid groups (broad SMARTS) is 1. The number of aliphatic carboxylic acids is 1. The number of rotatable bonds is 3. The second-order valence-electron chi connectivity index (χ2n) is 5.34. The van der Waals surface area contributed by atoms with E-state index in [9.17, 15) is 14.7 Å². The fourth-order valence-electron chi connectivity index (χ4n) is 2.58. The molecule has 1 heterocycles. The van der Waals surface area contributed by atoms with Crippen molar-refractivity contribution >= 4 is 35.1 Å². The van der Waals surface area contributed by atoms with Crippen molar-refractivity contribution in [1.29, 1.82) is 0 Å². The lowest BCUT2D eigenvalue weighted by molar-refractivity contribution is -0.151. The van der Waals surface area contributed by atoms with Crippen molar-refractivity contribution in [3.05, 3.63) is 21.9 Å². The van der Waals surface area contributed by atoms with Crippen LogP contribution in [0.25, 0.3) is 0 Å². The highest BCUT2D eigenvalue weighted by Gasteiger charge is 2.44. The predicted molar refractivity (Wildman–Crippen MR) is 76.3 cm³/mol. The normalized spacial score (nSPS) is 26.2. The smallest absolute Gasteiger partial charge is 0.311 e. The lowest BCUT2D eigenvalue weighted by Crippen LogP contribution is -2.52. The Labute approximate surface area is 126 Å². The van der Waals surface area contributed by atoms with Gasteiger partial charge in [0.1, 0.15) is 10.8 Å². The molecule has 1 aromatic heterocycles. The van der Waals surface area contributed by atoms with Gasteiger partial charge in [0.15, 0.2) is 0 Å². The van der Waals surface area contributed by atoms with Gasteiger partial charge < -0.3 is 15.4 Å². The molecule has 20 heavy (non-hydrogen) atoms. The first kappa shape index (κ1) is 15.2. The van der Waals surface area contributed by atoms with Gasteiger partial charge in [-0.05, 0) is 25.8 Å². The van der Waals surface area contributed by atoms with Gasteiger partial charge in [-0.25, -0.2) is 0 Å². The fraction of sp³-hybridized carbons (Fsp3) is 0.538. The van der Waals surface area contributed by atoms with Gasteiger partial charge in [0, 0.05) is 6.04 Å². The minimum Gasteiger partial charge on any atom is -0.481 e. The van der Waals surface area contributed by atoms with Crippen LogP contribution >= 0.6 is 23.2 Å². The first-order valence-electron chi connectivity index (χ1n) is 6.43. The first-order chi connectivity index (χ1) is 9.34. The molecule has 1 aliphatic rings. The molecule has 110 valence electrons. The second kappa shape index (κ2) is 5.66. The number of H-pyrrole nitrogens is 1. The van der Waals surface area contributed by atoms with E-state index < -0.39 is 23.3 Å². The molecule has 2 unspecified atom stereocenters. The van der Waals surface area contributed by atoms with E-state index in [0.29, 0.717) is 12.8 Å². The molecule has 0 radical (unpaired) electrons. The predicted octanol–water partition coefficient (Wildman–Crippen LogP) is 3.08. The number of amides is 1. The lowest BCUT2D eigenvalue weighted by atomic mass is 9.71. The molecule has 1 amide bonds. The molecule has 1 aromatic rings. The second-order valence-corrected chi connectivity index (χ2v) is 6.12. The van der Waals surface area contributed by atoms with E-state index in [4.69, 9.17) is 23.2 Å². The summed E-state index contributed by atoms with van der Waals surface area (Å²) in [7, 11) is 0. The number of carbonyl (C=O) groups excluding carboxylic acids is 1. The quantitative estimate of drug-likeness (QED) is 0.801. The van der Waals surface area contributed by atoms with Crippen molar-refractivity contribution in [2.45, 2.75) is 38.6 Å². The topological polar surface area (TPSA) is 82.2 Å². The van der Waals surface area contributed by atoms with Crippen molar-refractivity contribution in [3.63, 3.8) is 0 Å². The Balaban J connectivity index is 2.15. The number of nitrogens with one attached hydrogen (secondary N) is 2. The van der Waals surface area contributed by atoms with Crippen LogP contribution in [0.4, 0.5) is 0 Å². The summed E-state index contributed by atoms with van der Waals surface area (Å²) < 4.78 is 0. The Morgan fingerprint density at radius 2 is 2.15 bits per heavy atom. The Kier molecular flexibility index (Phi) is 4.30. The van der Waals surface area contributed by atoms with E-state index in [0.717, 1.165) is 12.8 Å². The van der Waals surface area contributed by atoms with Crippen LogP contribution in [0, 0.1) is 5.41 Å². The van der Waals surface area contributed by atoms with Gasteiger partial charge >= 0.3 is 5.97 Å². The van der Waals surface area contributed by atoms with E-state index in [1.807, 2.05) is 0 Å². The molecule has 2 rings (SSSR count). The lowest BCUT2D eigenvalue weighted by Gasteiger charge is -2.38. The van der Waals surface area contributed by atoms with E-state index in [1.165, 1.54) is 6.07 Å². The number of aromatic amines is 1. The highest BCUT2D eigenvalue weighted by atomic mass is 35.5. The van der Waals surface area contributed by atoms with Crippen LogP contribution in [0.5, 0.6) is 0 Å². The minimum atomic E-state index is -0.936. The van der Waals surface area contributed by atoms with Crippen molar-refractivity contribution in [2.24, 2.45) is 5.41 Å². The van der Waals surface area contributed by atoms with Crippen LogP contribution in [-0.2, 0) is 4.79 Å². The molecule has 1 saturated carbocycles. The SMILES string of the molecule is CC1(C(=O)O)CCCCC1NC(=O)c1cc(Cl)c(Cl)[nH]1. The maximum absolute atomic E-state index is 12.1. The molecule has 1 aliphatic carbocycles. The van der Waals surface area contributed by atoms with E-state index in [2.05, 4.69) is 10.3 Å². The summed E-state index contributed by atoms with van der Waals surface area (Å²) in [6.45, 7) is 1.67. The highest BCUT2D eigenvalue weighted by Crippen LogP contribution is 2.36. The van der Waals surface area contributed by atoms with Crippen LogP contribution in [-0.4, -0.2) is 28.0 Å². The van der Waals surface area contributed by atoms with Crippen molar-refractivity contribution in [1.82, 2.24) is 10.3 Å².